The molecule has 0 aliphatic carbocycles. The molecule has 1 amide bonds. The number of carbonyl (C=O) groups is 2. The maximum atomic E-state index is 11.9. The Kier molecular flexibility index (Phi) is 6.18. The Morgan fingerprint density at radius 3 is 2.39 bits per heavy atom. The highest BCUT2D eigenvalue weighted by Crippen LogP contribution is 2.16. The van der Waals surface area contributed by atoms with Gasteiger partial charge in [0.05, 0.1) is 6.42 Å². The minimum atomic E-state index is -0.489. The van der Waals surface area contributed by atoms with E-state index in [2.05, 4.69) is 5.32 Å². The second kappa shape index (κ2) is 8.34. The van der Waals surface area contributed by atoms with Crippen LogP contribution in [0.3, 0.4) is 0 Å². The third kappa shape index (κ3) is 5.11. The minimum absolute atomic E-state index is 0.0402. The van der Waals surface area contributed by atoms with Crippen LogP contribution in [0.1, 0.15) is 18.1 Å². The van der Waals surface area contributed by atoms with Gasteiger partial charge in [0.25, 0.3) is 5.91 Å². The van der Waals surface area contributed by atoms with Crippen molar-refractivity contribution in [1.29, 1.82) is 0 Å². The van der Waals surface area contributed by atoms with Gasteiger partial charge < -0.3 is 10.1 Å². The lowest BCUT2D eigenvalue weighted by atomic mass is 10.1. The molecule has 0 saturated carbocycles. The Labute approximate surface area is 140 Å². The van der Waals surface area contributed by atoms with Crippen molar-refractivity contribution < 1.29 is 14.3 Å². The average Bonchev–Trinajstić information content (AvgIpc) is 2.55. The van der Waals surface area contributed by atoms with Crippen LogP contribution in [0.25, 0.3) is 0 Å². The van der Waals surface area contributed by atoms with Gasteiger partial charge in [-0.15, -0.1) is 0 Å². The molecule has 1 N–H and O–H groups in total. The van der Waals surface area contributed by atoms with Crippen LogP contribution in [0.5, 0.6) is 0 Å². The first-order chi connectivity index (χ1) is 11.1. The molecule has 0 atom stereocenters. The second-order valence-electron chi connectivity index (χ2n) is 4.99. The quantitative estimate of drug-likeness (QED) is 0.822. The van der Waals surface area contributed by atoms with Crippen LogP contribution in [-0.2, 0) is 27.2 Å². The minimum Gasteiger partial charge on any atom is -0.455 e. The number of para-hydroxylation sites is 1. The largest absolute Gasteiger partial charge is 0.455 e. The summed E-state index contributed by atoms with van der Waals surface area (Å²) in [5.41, 5.74) is 2.45. The topological polar surface area (TPSA) is 55.4 Å². The van der Waals surface area contributed by atoms with E-state index in [0.717, 1.165) is 17.7 Å². The number of hydrogen-bond acceptors (Lipinski definition) is 3. The number of hydrogen-bond donors (Lipinski definition) is 1. The first-order valence-electron chi connectivity index (χ1n) is 7.37. The second-order valence-corrected chi connectivity index (χ2v) is 5.39. The SMILES string of the molecule is CCc1ccccc1NC(=O)COC(=O)Cc1ccccc1Cl. The lowest BCUT2D eigenvalue weighted by Crippen LogP contribution is -2.22. The van der Waals surface area contributed by atoms with Crippen molar-refractivity contribution in [3.8, 4) is 0 Å². The van der Waals surface area contributed by atoms with E-state index in [9.17, 15) is 9.59 Å². The zero-order valence-corrected chi connectivity index (χ0v) is 13.6. The number of aryl methyl sites for hydroxylation is 1. The summed E-state index contributed by atoms with van der Waals surface area (Å²) in [6.45, 7) is 1.69. The van der Waals surface area contributed by atoms with Crippen molar-refractivity contribution in [3.63, 3.8) is 0 Å². The van der Waals surface area contributed by atoms with Crippen LogP contribution >= 0.6 is 11.6 Å². The number of carbonyl (C=O) groups excluding carboxylic acids is 2. The average molecular weight is 332 g/mol. The van der Waals surface area contributed by atoms with Gasteiger partial charge in [-0.3, -0.25) is 9.59 Å². The molecule has 0 spiro atoms. The third-order valence-electron chi connectivity index (χ3n) is 3.33. The first-order valence-corrected chi connectivity index (χ1v) is 7.74. The highest BCUT2D eigenvalue weighted by atomic mass is 35.5. The van der Waals surface area contributed by atoms with Crippen LogP contribution < -0.4 is 5.32 Å². The number of rotatable bonds is 6. The number of ether oxygens (including phenoxy) is 1. The molecule has 0 heterocycles. The van der Waals surface area contributed by atoms with Crippen molar-refractivity contribution in [2.45, 2.75) is 19.8 Å². The molecule has 2 aromatic rings. The van der Waals surface area contributed by atoms with E-state index < -0.39 is 5.97 Å². The summed E-state index contributed by atoms with van der Waals surface area (Å²) in [7, 11) is 0. The van der Waals surface area contributed by atoms with Crippen molar-refractivity contribution in [1.82, 2.24) is 0 Å². The predicted octanol–water partition coefficient (Wildman–Crippen LogP) is 3.63. The maximum Gasteiger partial charge on any atom is 0.310 e. The Morgan fingerprint density at radius 2 is 1.70 bits per heavy atom. The molecule has 0 aliphatic rings. The molecule has 5 heteroatoms. The third-order valence-corrected chi connectivity index (χ3v) is 3.70. The fourth-order valence-corrected chi connectivity index (χ4v) is 2.33. The smallest absolute Gasteiger partial charge is 0.310 e. The Morgan fingerprint density at radius 1 is 1.04 bits per heavy atom. The van der Waals surface area contributed by atoms with Crippen LogP contribution in [0.2, 0.25) is 5.02 Å². The van der Waals surface area contributed by atoms with Gasteiger partial charge in [0, 0.05) is 10.7 Å². The summed E-state index contributed by atoms with van der Waals surface area (Å²) in [5.74, 6) is -0.851. The summed E-state index contributed by atoms with van der Waals surface area (Å²) in [6.07, 6.45) is 0.848. The van der Waals surface area contributed by atoms with Crippen LogP contribution in [0.4, 0.5) is 5.69 Å². The molecule has 2 rings (SSSR count). The van der Waals surface area contributed by atoms with Gasteiger partial charge in [-0.2, -0.15) is 0 Å². The van der Waals surface area contributed by atoms with Gasteiger partial charge in [-0.25, -0.2) is 0 Å². The molecule has 0 aliphatic heterocycles. The maximum absolute atomic E-state index is 11.9. The van der Waals surface area contributed by atoms with Crippen LogP contribution in [-0.4, -0.2) is 18.5 Å². The highest BCUT2D eigenvalue weighted by Gasteiger charge is 2.11. The normalized spacial score (nSPS) is 10.2. The standard InChI is InChI=1S/C18H18ClNO3/c1-2-13-7-4-6-10-16(13)20-17(21)12-23-18(22)11-14-8-3-5-9-15(14)19/h3-10H,2,11-12H2,1H3,(H,20,21). The van der Waals surface area contributed by atoms with Gasteiger partial charge in [-0.05, 0) is 29.7 Å². The molecule has 0 saturated heterocycles. The lowest BCUT2D eigenvalue weighted by molar-refractivity contribution is -0.146. The number of nitrogens with one attached hydrogen (secondary N) is 1. The van der Waals surface area contributed by atoms with Crippen LogP contribution in [0.15, 0.2) is 48.5 Å². The number of amides is 1. The summed E-state index contributed by atoms with van der Waals surface area (Å²) in [6, 6.07) is 14.6. The Balaban J connectivity index is 1.84. The number of benzene rings is 2. The van der Waals surface area contributed by atoms with Gasteiger partial charge in [0.15, 0.2) is 6.61 Å². The van der Waals surface area contributed by atoms with Crippen LogP contribution in [0, 0.1) is 0 Å². The van der Waals surface area contributed by atoms with Crippen molar-refractivity contribution in [2.75, 3.05) is 11.9 Å². The molecule has 23 heavy (non-hydrogen) atoms. The van der Waals surface area contributed by atoms with E-state index in [1.54, 1.807) is 24.3 Å². The molecular weight excluding hydrogens is 314 g/mol. The van der Waals surface area contributed by atoms with Gasteiger partial charge >= 0.3 is 5.97 Å². The highest BCUT2D eigenvalue weighted by molar-refractivity contribution is 6.31. The fraction of sp³-hybridized carbons (Fsp3) is 0.222. The molecule has 0 aromatic heterocycles. The molecule has 0 bridgehead atoms. The predicted molar refractivity (Wildman–Crippen MR) is 90.6 cm³/mol. The van der Waals surface area contributed by atoms with E-state index in [-0.39, 0.29) is 18.9 Å². The number of esters is 1. The van der Waals surface area contributed by atoms with Crippen molar-refractivity contribution in [3.05, 3.63) is 64.7 Å². The molecule has 0 fully saturated rings. The summed E-state index contributed by atoms with van der Waals surface area (Å²) in [4.78, 5) is 23.7. The zero-order chi connectivity index (χ0) is 16.7. The van der Waals surface area contributed by atoms with Gasteiger partial charge in [0.2, 0.25) is 0 Å². The molecule has 2 aromatic carbocycles. The molecular formula is C18H18ClNO3. The van der Waals surface area contributed by atoms with E-state index in [0.29, 0.717) is 10.6 Å². The van der Waals surface area contributed by atoms with E-state index >= 15 is 0 Å². The number of halogens is 1. The molecule has 0 radical (unpaired) electrons. The summed E-state index contributed by atoms with van der Waals surface area (Å²) >= 11 is 5.98. The number of anilines is 1. The fourth-order valence-electron chi connectivity index (χ4n) is 2.13. The zero-order valence-electron chi connectivity index (χ0n) is 12.8. The molecule has 120 valence electrons. The molecule has 4 nitrogen and oxygen atoms in total. The van der Waals surface area contributed by atoms with E-state index in [1.807, 2.05) is 31.2 Å². The van der Waals surface area contributed by atoms with Gasteiger partial charge in [-0.1, -0.05) is 54.9 Å². The van der Waals surface area contributed by atoms with E-state index in [1.165, 1.54) is 0 Å². The van der Waals surface area contributed by atoms with E-state index in [4.69, 9.17) is 16.3 Å². The van der Waals surface area contributed by atoms with Crippen molar-refractivity contribution >= 4 is 29.2 Å². The summed E-state index contributed by atoms with van der Waals surface area (Å²) < 4.78 is 5.00. The summed E-state index contributed by atoms with van der Waals surface area (Å²) in [5, 5.41) is 3.26. The van der Waals surface area contributed by atoms with Gasteiger partial charge in [0.1, 0.15) is 0 Å². The van der Waals surface area contributed by atoms with Crippen molar-refractivity contribution in [2.24, 2.45) is 0 Å². The monoisotopic (exact) mass is 331 g/mol. The Bertz CT molecular complexity index is 700. The molecule has 0 unspecified atom stereocenters. The lowest BCUT2D eigenvalue weighted by Gasteiger charge is -2.10. The Hall–Kier alpha value is -2.33. The first kappa shape index (κ1) is 17.0.